The van der Waals surface area contributed by atoms with Gasteiger partial charge in [0.2, 0.25) is 0 Å². The summed E-state index contributed by atoms with van der Waals surface area (Å²) in [6.45, 7) is -0.221. The zero-order valence-electron chi connectivity index (χ0n) is 11.5. The molecule has 3 N–H and O–H groups in total. The van der Waals surface area contributed by atoms with Gasteiger partial charge in [0.1, 0.15) is 5.75 Å². The molecule has 2 amide bonds. The van der Waals surface area contributed by atoms with Crippen LogP contribution in [0.3, 0.4) is 0 Å². The molecule has 0 saturated carbocycles. The fraction of sp³-hybridized carbons (Fsp3) is 0.0714. The Bertz CT molecular complexity index is 721. The minimum Gasteiger partial charge on any atom is -0.506 e. The summed E-state index contributed by atoms with van der Waals surface area (Å²) in [4.78, 5) is 23.1. The van der Waals surface area contributed by atoms with Crippen molar-refractivity contribution in [2.45, 2.75) is 0 Å². The van der Waals surface area contributed by atoms with E-state index in [1.807, 2.05) is 45.2 Å². The van der Waals surface area contributed by atoms with Crippen molar-refractivity contribution in [3.05, 3.63) is 49.0 Å². The van der Waals surface area contributed by atoms with E-state index in [1.165, 1.54) is 18.5 Å². The van der Waals surface area contributed by atoms with Gasteiger partial charge in [-0.1, -0.05) is 0 Å². The minimum atomic E-state index is -0.475. The number of carbonyl (C=O) groups is 2. The Hall–Kier alpha value is -1.63. The van der Waals surface area contributed by atoms with Gasteiger partial charge >= 0.3 is 0 Å². The molecule has 0 aliphatic heterocycles. The number of phenols is 1. The number of benzene rings is 1. The molecular formula is C14H11I2N3O4. The van der Waals surface area contributed by atoms with Gasteiger partial charge in [-0.3, -0.25) is 9.59 Å². The number of furan rings is 1. The highest BCUT2D eigenvalue weighted by atomic mass is 127. The maximum Gasteiger partial charge on any atom is 0.287 e. The van der Waals surface area contributed by atoms with Crippen LogP contribution in [-0.4, -0.2) is 29.7 Å². The Kier molecular flexibility index (Phi) is 6.38. The van der Waals surface area contributed by atoms with Crippen molar-refractivity contribution < 1.29 is 19.1 Å². The number of hydrazone groups is 1. The second kappa shape index (κ2) is 8.29. The number of hydrogen-bond acceptors (Lipinski definition) is 5. The molecule has 7 nitrogen and oxygen atoms in total. The van der Waals surface area contributed by atoms with Crippen molar-refractivity contribution in [2.24, 2.45) is 5.10 Å². The second-order valence-corrected chi connectivity index (χ2v) is 6.61. The molecule has 0 aliphatic rings. The largest absolute Gasteiger partial charge is 0.506 e. The zero-order valence-corrected chi connectivity index (χ0v) is 15.9. The molecule has 1 heterocycles. The van der Waals surface area contributed by atoms with Crippen LogP contribution < -0.4 is 10.7 Å². The number of nitrogens with zero attached hydrogens (tertiary/aromatic N) is 1. The van der Waals surface area contributed by atoms with Crippen LogP contribution in [0.5, 0.6) is 5.75 Å². The summed E-state index contributed by atoms with van der Waals surface area (Å²) in [6, 6.07) is 6.54. The smallest absolute Gasteiger partial charge is 0.287 e. The third-order valence-corrected chi connectivity index (χ3v) is 4.24. The van der Waals surface area contributed by atoms with Crippen LogP contribution in [-0.2, 0) is 4.79 Å². The number of phenolic OH excluding ortho intramolecular Hbond substituents is 1. The van der Waals surface area contributed by atoms with Gasteiger partial charge in [0, 0.05) is 0 Å². The van der Waals surface area contributed by atoms with E-state index in [4.69, 9.17) is 4.42 Å². The Labute approximate surface area is 158 Å². The lowest BCUT2D eigenvalue weighted by molar-refractivity contribution is -0.120. The topological polar surface area (TPSA) is 104 Å². The van der Waals surface area contributed by atoms with E-state index in [9.17, 15) is 14.7 Å². The van der Waals surface area contributed by atoms with Gasteiger partial charge in [0.05, 0.1) is 26.2 Å². The van der Waals surface area contributed by atoms with Crippen molar-refractivity contribution in [3.63, 3.8) is 0 Å². The van der Waals surface area contributed by atoms with E-state index in [0.717, 1.165) is 5.56 Å². The van der Waals surface area contributed by atoms with Crippen LogP contribution in [0.1, 0.15) is 16.1 Å². The van der Waals surface area contributed by atoms with Gasteiger partial charge in [0.25, 0.3) is 11.8 Å². The second-order valence-electron chi connectivity index (χ2n) is 4.29. The number of aromatic hydroxyl groups is 1. The Morgan fingerprint density at radius 1 is 1.30 bits per heavy atom. The van der Waals surface area contributed by atoms with Crippen LogP contribution in [0.25, 0.3) is 0 Å². The molecule has 23 heavy (non-hydrogen) atoms. The average molecular weight is 539 g/mol. The first-order chi connectivity index (χ1) is 11.0. The quantitative estimate of drug-likeness (QED) is 0.308. The van der Waals surface area contributed by atoms with E-state index in [2.05, 4.69) is 15.8 Å². The fourth-order valence-corrected chi connectivity index (χ4v) is 3.35. The molecule has 0 saturated heterocycles. The number of halogens is 2. The van der Waals surface area contributed by atoms with Gasteiger partial charge in [-0.05, 0) is 75.0 Å². The van der Waals surface area contributed by atoms with Crippen molar-refractivity contribution in [1.29, 1.82) is 0 Å². The Morgan fingerprint density at radius 3 is 2.61 bits per heavy atom. The van der Waals surface area contributed by atoms with Gasteiger partial charge in [0.15, 0.2) is 5.76 Å². The molecule has 120 valence electrons. The first-order valence-corrected chi connectivity index (χ1v) is 8.44. The third-order valence-electron chi connectivity index (χ3n) is 2.60. The molecule has 2 aromatic rings. The summed E-state index contributed by atoms with van der Waals surface area (Å²) in [7, 11) is 0. The first-order valence-electron chi connectivity index (χ1n) is 6.29. The molecule has 0 unspecified atom stereocenters. The maximum atomic E-state index is 11.6. The highest BCUT2D eigenvalue weighted by Crippen LogP contribution is 2.26. The van der Waals surface area contributed by atoms with Gasteiger partial charge in [-0.25, -0.2) is 5.43 Å². The fourth-order valence-electron chi connectivity index (χ4n) is 1.53. The zero-order chi connectivity index (χ0) is 16.8. The van der Waals surface area contributed by atoms with Crippen molar-refractivity contribution in [2.75, 3.05) is 6.54 Å². The van der Waals surface area contributed by atoms with Gasteiger partial charge < -0.3 is 14.8 Å². The van der Waals surface area contributed by atoms with Crippen molar-refractivity contribution in [1.82, 2.24) is 10.7 Å². The molecule has 0 radical (unpaired) electrons. The maximum absolute atomic E-state index is 11.6. The Balaban J connectivity index is 1.83. The minimum absolute atomic E-state index is 0.134. The third kappa shape index (κ3) is 5.20. The molecule has 0 bridgehead atoms. The van der Waals surface area contributed by atoms with Crippen LogP contribution in [0.2, 0.25) is 0 Å². The molecule has 9 heteroatoms. The molecule has 0 aliphatic carbocycles. The van der Waals surface area contributed by atoms with Gasteiger partial charge in [-0.15, -0.1) is 0 Å². The summed E-state index contributed by atoms with van der Waals surface area (Å²) < 4.78 is 6.28. The Morgan fingerprint density at radius 2 is 2.00 bits per heavy atom. The van der Waals surface area contributed by atoms with Crippen LogP contribution >= 0.6 is 45.2 Å². The van der Waals surface area contributed by atoms with E-state index < -0.39 is 11.8 Å². The lowest BCUT2D eigenvalue weighted by atomic mass is 10.2. The van der Waals surface area contributed by atoms with Crippen LogP contribution in [0, 0.1) is 7.14 Å². The van der Waals surface area contributed by atoms with Gasteiger partial charge in [-0.2, -0.15) is 5.10 Å². The molecular weight excluding hydrogens is 528 g/mol. The first kappa shape index (κ1) is 17.7. The summed E-state index contributed by atoms with van der Waals surface area (Å²) in [5, 5.41) is 15.9. The van der Waals surface area contributed by atoms with E-state index in [1.54, 1.807) is 18.2 Å². The summed E-state index contributed by atoms with van der Waals surface area (Å²) in [5.41, 5.74) is 3.04. The SMILES string of the molecule is O=C(CNC(=O)c1ccco1)NN=Cc1cc(I)c(O)c(I)c1. The van der Waals surface area contributed by atoms with Crippen LogP contribution in [0.15, 0.2) is 40.0 Å². The molecule has 1 aromatic carbocycles. The lowest BCUT2D eigenvalue weighted by Crippen LogP contribution is -2.34. The van der Waals surface area contributed by atoms with Crippen molar-refractivity contribution in [3.8, 4) is 5.75 Å². The highest BCUT2D eigenvalue weighted by molar-refractivity contribution is 14.1. The standard InChI is InChI=1S/C14H11I2N3O4/c15-9-4-8(5-10(16)13(9)21)6-18-19-12(20)7-17-14(22)11-2-1-3-23-11/h1-6,21H,7H2,(H,17,22)(H,19,20). The summed E-state index contributed by atoms with van der Waals surface area (Å²) in [6.07, 6.45) is 2.83. The number of nitrogens with one attached hydrogen (secondary N) is 2. The normalized spacial score (nSPS) is 10.7. The predicted octanol–water partition coefficient (Wildman–Crippen LogP) is 2.07. The molecule has 1 aromatic heterocycles. The number of hydrogen-bond donors (Lipinski definition) is 3. The van der Waals surface area contributed by atoms with Crippen molar-refractivity contribution >= 4 is 63.2 Å². The molecule has 0 atom stereocenters. The highest BCUT2D eigenvalue weighted by Gasteiger charge is 2.09. The average Bonchev–Trinajstić information content (AvgIpc) is 3.04. The van der Waals surface area contributed by atoms with E-state index >= 15 is 0 Å². The van der Waals surface area contributed by atoms with E-state index in [0.29, 0.717) is 7.14 Å². The number of amides is 2. The molecule has 2 rings (SSSR count). The summed E-state index contributed by atoms with van der Waals surface area (Å²) in [5.74, 6) is -0.594. The number of rotatable bonds is 5. The predicted molar refractivity (Wildman–Crippen MR) is 100 cm³/mol. The number of carbonyl (C=O) groups excluding carboxylic acids is 2. The monoisotopic (exact) mass is 539 g/mol. The lowest BCUT2D eigenvalue weighted by Gasteiger charge is -2.03. The molecule has 0 fully saturated rings. The van der Waals surface area contributed by atoms with Crippen LogP contribution in [0.4, 0.5) is 0 Å². The molecule has 0 spiro atoms. The summed E-state index contributed by atoms with van der Waals surface area (Å²) >= 11 is 4.01. The van der Waals surface area contributed by atoms with E-state index in [-0.39, 0.29) is 18.1 Å².